The van der Waals surface area contributed by atoms with Gasteiger partial charge in [0.25, 0.3) is 0 Å². The summed E-state index contributed by atoms with van der Waals surface area (Å²) in [5.41, 5.74) is 3.59. The molecule has 0 aliphatic heterocycles. The molecule has 1 aromatic carbocycles. The number of nitrogens with one attached hydrogen (secondary N) is 1. The number of benzene rings is 1. The zero-order chi connectivity index (χ0) is 16.9. The monoisotopic (exact) mass is 385 g/mol. The van der Waals surface area contributed by atoms with Crippen LogP contribution < -0.4 is 5.32 Å². The maximum absolute atomic E-state index is 12.9. The molecule has 0 saturated carbocycles. The van der Waals surface area contributed by atoms with Crippen molar-refractivity contribution in [2.24, 2.45) is 4.99 Å². The van der Waals surface area contributed by atoms with Crippen molar-refractivity contribution in [2.45, 2.75) is 6.42 Å². The summed E-state index contributed by atoms with van der Waals surface area (Å²) in [6, 6.07) is 5.36. The molecule has 24 heavy (non-hydrogen) atoms. The van der Waals surface area contributed by atoms with Crippen LogP contribution in [0, 0.1) is 5.82 Å². The second-order valence-corrected chi connectivity index (χ2v) is 6.05. The molecule has 1 amide bonds. The van der Waals surface area contributed by atoms with Crippen LogP contribution in [0.25, 0.3) is 0 Å². The predicted octanol–water partition coefficient (Wildman–Crippen LogP) is 3.35. The van der Waals surface area contributed by atoms with E-state index < -0.39 is 0 Å². The minimum absolute atomic E-state index is 0.336. The van der Waals surface area contributed by atoms with E-state index in [1.807, 2.05) is 30.4 Å². The van der Waals surface area contributed by atoms with Gasteiger partial charge in [0.15, 0.2) is 0 Å². The predicted molar refractivity (Wildman–Crippen MR) is 94.2 cm³/mol. The molecule has 2 aliphatic carbocycles. The molecule has 0 bridgehead atoms. The number of carbonyl (C=O) groups is 1. The van der Waals surface area contributed by atoms with Crippen molar-refractivity contribution in [3.05, 3.63) is 95.0 Å². The topological polar surface area (TPSA) is 41.5 Å². The molecule has 0 fully saturated rings. The van der Waals surface area contributed by atoms with E-state index in [1.165, 1.54) is 35.4 Å². The van der Waals surface area contributed by atoms with Crippen LogP contribution >= 0.6 is 0 Å². The van der Waals surface area contributed by atoms with Crippen LogP contribution in [0.15, 0.2) is 88.6 Å². The van der Waals surface area contributed by atoms with Crippen LogP contribution in [-0.4, -0.2) is 26.7 Å². The van der Waals surface area contributed by atoms with Crippen molar-refractivity contribution in [1.82, 2.24) is 5.32 Å². The fourth-order valence-electron chi connectivity index (χ4n) is 2.34. The third-order valence-corrected chi connectivity index (χ3v) is 3.98. The standard InChI is InChI=1S/C19H14FN2OSe/c20-16-9-5-15(6-10-16)18(23)22-19(24)21-17-11-7-14(8-12-17)13-3-1-2-4-13/h1-7,9-12H,8H2,(H,21,22,23). The van der Waals surface area contributed by atoms with Gasteiger partial charge < -0.3 is 0 Å². The molecular weight excluding hydrogens is 370 g/mol. The van der Waals surface area contributed by atoms with E-state index in [4.69, 9.17) is 0 Å². The molecule has 1 N–H and O–H groups in total. The second kappa shape index (κ2) is 7.39. The number of halogens is 1. The Balaban J connectivity index is 1.64. The number of amides is 1. The zero-order valence-electron chi connectivity index (χ0n) is 12.7. The van der Waals surface area contributed by atoms with Crippen LogP contribution in [0.5, 0.6) is 0 Å². The molecule has 0 atom stereocenters. The van der Waals surface area contributed by atoms with Crippen molar-refractivity contribution in [3.8, 4) is 0 Å². The molecule has 0 heterocycles. The Morgan fingerprint density at radius 1 is 1.08 bits per heavy atom. The van der Waals surface area contributed by atoms with E-state index in [2.05, 4.69) is 38.5 Å². The number of allylic oxidation sites excluding steroid dienone is 9. The van der Waals surface area contributed by atoms with Gasteiger partial charge in [0, 0.05) is 0 Å². The fraction of sp³-hybridized carbons (Fsp3) is 0.0526. The summed E-state index contributed by atoms with van der Waals surface area (Å²) in [5, 5.41) is 2.65. The van der Waals surface area contributed by atoms with Crippen molar-refractivity contribution < 1.29 is 9.18 Å². The van der Waals surface area contributed by atoms with E-state index in [0.29, 0.717) is 10.3 Å². The van der Waals surface area contributed by atoms with Gasteiger partial charge in [-0.25, -0.2) is 0 Å². The van der Waals surface area contributed by atoms with Gasteiger partial charge in [-0.15, -0.1) is 0 Å². The average Bonchev–Trinajstić information content (AvgIpc) is 3.10. The SMILES string of the molecule is O=C(NC([Se])=NC1=CCC(=C2C=CC=C2)C=C1)c1ccc(F)cc1. The molecule has 3 rings (SSSR count). The van der Waals surface area contributed by atoms with Crippen molar-refractivity contribution in [3.63, 3.8) is 0 Å². The quantitative estimate of drug-likeness (QED) is 0.474. The summed E-state index contributed by atoms with van der Waals surface area (Å²) in [6.07, 6.45) is 14.9. The van der Waals surface area contributed by atoms with Gasteiger partial charge in [-0.2, -0.15) is 0 Å². The van der Waals surface area contributed by atoms with Gasteiger partial charge in [-0.05, 0) is 0 Å². The Kier molecular flexibility index (Phi) is 5.04. The van der Waals surface area contributed by atoms with Crippen molar-refractivity contribution in [1.29, 1.82) is 0 Å². The number of hydrogen-bond donors (Lipinski definition) is 1. The Hall–Kier alpha value is -2.49. The Morgan fingerprint density at radius 3 is 2.42 bits per heavy atom. The summed E-state index contributed by atoms with van der Waals surface area (Å²) in [6.45, 7) is 0. The molecule has 2 aliphatic rings. The molecule has 5 heteroatoms. The Labute approximate surface area is 147 Å². The Bertz CT molecular complexity index is 829. The number of amidine groups is 1. The third-order valence-electron chi connectivity index (χ3n) is 3.58. The van der Waals surface area contributed by atoms with Gasteiger partial charge in [0.2, 0.25) is 0 Å². The van der Waals surface area contributed by atoms with Crippen LogP contribution in [0.4, 0.5) is 4.39 Å². The number of rotatable bonds is 2. The van der Waals surface area contributed by atoms with Gasteiger partial charge >= 0.3 is 148 Å². The molecule has 119 valence electrons. The number of carbonyl (C=O) groups excluding carboxylic acids is 1. The first kappa shape index (κ1) is 16.4. The number of nitrogens with zero attached hydrogens (tertiary/aromatic N) is 1. The van der Waals surface area contributed by atoms with Crippen molar-refractivity contribution in [2.75, 3.05) is 0 Å². The fourth-order valence-corrected chi connectivity index (χ4v) is 2.75. The molecule has 0 aromatic heterocycles. The molecular formula is C19H14FN2OSe. The van der Waals surface area contributed by atoms with E-state index in [9.17, 15) is 9.18 Å². The van der Waals surface area contributed by atoms with E-state index in [0.717, 1.165) is 12.1 Å². The average molecular weight is 384 g/mol. The normalized spacial score (nSPS) is 16.5. The summed E-state index contributed by atoms with van der Waals surface area (Å²) in [5.74, 6) is -0.713. The van der Waals surface area contributed by atoms with Crippen LogP contribution in [0.3, 0.4) is 0 Å². The third kappa shape index (κ3) is 4.07. The second-order valence-electron chi connectivity index (χ2n) is 5.24. The van der Waals surface area contributed by atoms with Gasteiger partial charge in [-0.1, -0.05) is 0 Å². The molecule has 0 spiro atoms. The first-order valence-corrected chi connectivity index (χ1v) is 8.26. The first-order valence-electron chi connectivity index (χ1n) is 7.40. The summed E-state index contributed by atoms with van der Waals surface area (Å²) < 4.78 is 13.2. The first-order chi connectivity index (χ1) is 11.6. The number of hydrogen-bond acceptors (Lipinski definition) is 2. The van der Waals surface area contributed by atoms with Gasteiger partial charge in [-0.3, -0.25) is 0 Å². The Morgan fingerprint density at radius 2 is 1.79 bits per heavy atom. The van der Waals surface area contributed by atoms with Crippen LogP contribution in [0.2, 0.25) is 0 Å². The van der Waals surface area contributed by atoms with Gasteiger partial charge in [0.05, 0.1) is 0 Å². The molecule has 1 aromatic rings. The van der Waals surface area contributed by atoms with Crippen molar-refractivity contribution >= 4 is 26.7 Å². The van der Waals surface area contributed by atoms with E-state index in [-0.39, 0.29) is 11.7 Å². The maximum atomic E-state index is 12.9. The molecule has 3 nitrogen and oxygen atoms in total. The minimum atomic E-state index is -0.377. The van der Waals surface area contributed by atoms with Gasteiger partial charge in [0.1, 0.15) is 0 Å². The van der Waals surface area contributed by atoms with Crippen LogP contribution in [0.1, 0.15) is 16.8 Å². The molecule has 0 saturated heterocycles. The molecule has 0 unspecified atom stereocenters. The van der Waals surface area contributed by atoms with E-state index >= 15 is 0 Å². The summed E-state index contributed by atoms with van der Waals surface area (Å²) in [7, 11) is 0. The zero-order valence-corrected chi connectivity index (χ0v) is 14.4. The van der Waals surface area contributed by atoms with E-state index in [1.54, 1.807) is 0 Å². The summed E-state index contributed by atoms with van der Waals surface area (Å²) >= 11 is 2.74. The number of aliphatic imine (C=N–C) groups is 1. The summed E-state index contributed by atoms with van der Waals surface area (Å²) in [4.78, 5) is 16.4. The molecule has 1 radical (unpaired) electrons. The van der Waals surface area contributed by atoms with Crippen LogP contribution in [-0.2, 0) is 0 Å².